The van der Waals surface area contributed by atoms with Crippen molar-refractivity contribution in [3.8, 4) is 5.75 Å². The second-order valence-electron chi connectivity index (χ2n) is 7.39. The summed E-state index contributed by atoms with van der Waals surface area (Å²) in [5.74, 6) is 0.775. The number of hydrogen-bond donors (Lipinski definition) is 1. The third-order valence-corrected chi connectivity index (χ3v) is 5.83. The Balaban J connectivity index is 1.47. The number of carbonyl (C=O) groups excluding carboxylic acids is 1. The lowest BCUT2D eigenvalue weighted by Crippen LogP contribution is -2.55. The van der Waals surface area contributed by atoms with Gasteiger partial charge in [-0.3, -0.25) is 4.79 Å². The largest absolute Gasteiger partial charge is 0.476 e. The molecule has 2 atom stereocenters. The number of nitrogens with zero attached hydrogens (tertiary/aromatic N) is 2. The van der Waals surface area contributed by atoms with Gasteiger partial charge < -0.3 is 24.6 Å². The predicted octanol–water partition coefficient (Wildman–Crippen LogP) is 2.32. The van der Waals surface area contributed by atoms with E-state index >= 15 is 0 Å². The van der Waals surface area contributed by atoms with Crippen LogP contribution < -0.4 is 15.0 Å². The summed E-state index contributed by atoms with van der Waals surface area (Å²) in [6.45, 7) is 3.60. The molecule has 6 nitrogen and oxygen atoms in total. The van der Waals surface area contributed by atoms with Crippen molar-refractivity contribution in [2.24, 2.45) is 0 Å². The first-order valence-corrected chi connectivity index (χ1v) is 10.3. The number of nitrogens with one attached hydrogen (secondary N) is 1. The summed E-state index contributed by atoms with van der Waals surface area (Å²) in [5.41, 5.74) is 0.907. The molecule has 1 aromatic carbocycles. The van der Waals surface area contributed by atoms with E-state index in [1.807, 2.05) is 34.1 Å². The first-order valence-electron chi connectivity index (χ1n) is 9.94. The molecule has 0 unspecified atom stereocenters. The number of likely N-dealkylation sites (tertiary alicyclic amines) is 1. The zero-order valence-electron chi connectivity index (χ0n) is 15.6. The van der Waals surface area contributed by atoms with Crippen LogP contribution in [0.5, 0.6) is 5.75 Å². The summed E-state index contributed by atoms with van der Waals surface area (Å²) < 4.78 is 11.7. The van der Waals surface area contributed by atoms with Crippen LogP contribution in [0.2, 0.25) is 0 Å². The van der Waals surface area contributed by atoms with E-state index < -0.39 is 6.10 Å². The van der Waals surface area contributed by atoms with E-state index in [2.05, 4.69) is 5.32 Å². The van der Waals surface area contributed by atoms with Gasteiger partial charge in [-0.15, -0.1) is 0 Å². The molecule has 3 heterocycles. The maximum atomic E-state index is 13.0. The SMILES string of the molecule is O=C([C@@H]1CN(C(=S)NC[C@@H]2CCCO2)c2ccccc2O1)N1CCCCC1. The van der Waals surface area contributed by atoms with E-state index in [0.29, 0.717) is 24.0 Å². The Labute approximate surface area is 165 Å². The predicted molar refractivity (Wildman–Crippen MR) is 108 cm³/mol. The molecule has 0 radical (unpaired) electrons. The summed E-state index contributed by atoms with van der Waals surface area (Å²) >= 11 is 5.66. The number of rotatable bonds is 3. The molecule has 3 aliphatic heterocycles. The van der Waals surface area contributed by atoms with E-state index in [4.69, 9.17) is 21.7 Å². The Hall–Kier alpha value is -1.86. The minimum atomic E-state index is -0.527. The molecule has 1 aromatic rings. The summed E-state index contributed by atoms with van der Waals surface area (Å²) in [4.78, 5) is 16.9. The molecule has 146 valence electrons. The van der Waals surface area contributed by atoms with Crippen LogP contribution in [-0.4, -0.2) is 60.9 Å². The van der Waals surface area contributed by atoms with Crippen LogP contribution in [0, 0.1) is 0 Å². The number of hydrogen-bond acceptors (Lipinski definition) is 4. The molecule has 0 bridgehead atoms. The fourth-order valence-electron chi connectivity index (χ4n) is 3.98. The minimum Gasteiger partial charge on any atom is -0.476 e. The van der Waals surface area contributed by atoms with Gasteiger partial charge in [0.25, 0.3) is 5.91 Å². The van der Waals surface area contributed by atoms with Gasteiger partial charge in [0.2, 0.25) is 0 Å². The lowest BCUT2D eigenvalue weighted by molar-refractivity contribution is -0.139. The highest BCUT2D eigenvalue weighted by atomic mass is 32.1. The molecule has 4 rings (SSSR count). The van der Waals surface area contributed by atoms with Gasteiger partial charge in [-0.05, 0) is 56.5 Å². The Bertz CT molecular complexity index is 687. The Morgan fingerprint density at radius 1 is 1.19 bits per heavy atom. The Morgan fingerprint density at radius 3 is 2.78 bits per heavy atom. The standard InChI is InChI=1S/C20H27N3O3S/c24-19(22-10-4-1-5-11-22)18-14-23(16-8-2-3-9-17(16)26-18)20(27)21-13-15-7-6-12-25-15/h2-3,8-9,15,18H,1,4-7,10-14H2,(H,21,27)/t15-,18-/m0/s1. The van der Waals surface area contributed by atoms with Crippen LogP contribution >= 0.6 is 12.2 Å². The summed E-state index contributed by atoms with van der Waals surface area (Å²) in [6, 6.07) is 7.77. The molecule has 3 aliphatic rings. The topological polar surface area (TPSA) is 54.0 Å². The van der Waals surface area contributed by atoms with E-state index in [1.54, 1.807) is 0 Å². The van der Waals surface area contributed by atoms with Gasteiger partial charge in [0.15, 0.2) is 11.2 Å². The molecular formula is C20H27N3O3S. The maximum absolute atomic E-state index is 13.0. The minimum absolute atomic E-state index is 0.0659. The second kappa shape index (κ2) is 8.44. The van der Waals surface area contributed by atoms with Crippen molar-refractivity contribution in [1.29, 1.82) is 0 Å². The molecule has 7 heteroatoms. The summed E-state index contributed by atoms with van der Waals surface area (Å²) in [5, 5.41) is 3.95. The van der Waals surface area contributed by atoms with Crippen molar-refractivity contribution >= 4 is 28.9 Å². The maximum Gasteiger partial charge on any atom is 0.265 e. The number of carbonyl (C=O) groups is 1. The van der Waals surface area contributed by atoms with Crippen LogP contribution in [0.3, 0.4) is 0 Å². The lowest BCUT2D eigenvalue weighted by atomic mass is 10.1. The molecule has 0 aliphatic carbocycles. The van der Waals surface area contributed by atoms with E-state index in [9.17, 15) is 4.79 Å². The van der Waals surface area contributed by atoms with Crippen molar-refractivity contribution in [2.45, 2.75) is 44.3 Å². The molecule has 0 saturated carbocycles. The van der Waals surface area contributed by atoms with Crippen molar-refractivity contribution in [2.75, 3.05) is 37.7 Å². The highest BCUT2D eigenvalue weighted by molar-refractivity contribution is 7.80. The van der Waals surface area contributed by atoms with E-state index in [0.717, 1.165) is 51.1 Å². The fourth-order valence-corrected chi connectivity index (χ4v) is 4.23. The quantitative estimate of drug-likeness (QED) is 0.801. The van der Waals surface area contributed by atoms with Gasteiger partial charge in [0, 0.05) is 26.2 Å². The smallest absolute Gasteiger partial charge is 0.265 e. The van der Waals surface area contributed by atoms with Crippen LogP contribution in [0.1, 0.15) is 32.1 Å². The van der Waals surface area contributed by atoms with Crippen LogP contribution in [0.15, 0.2) is 24.3 Å². The van der Waals surface area contributed by atoms with E-state index in [1.165, 1.54) is 6.42 Å². The van der Waals surface area contributed by atoms with Gasteiger partial charge >= 0.3 is 0 Å². The van der Waals surface area contributed by atoms with Crippen molar-refractivity contribution < 1.29 is 14.3 Å². The normalized spacial score (nSPS) is 24.9. The number of amides is 1. The number of piperidine rings is 1. The zero-order chi connectivity index (χ0) is 18.6. The van der Waals surface area contributed by atoms with Gasteiger partial charge in [0.05, 0.1) is 18.3 Å². The van der Waals surface area contributed by atoms with Gasteiger partial charge in [0.1, 0.15) is 5.75 Å². The first-order chi connectivity index (χ1) is 13.2. The van der Waals surface area contributed by atoms with Gasteiger partial charge in [-0.2, -0.15) is 0 Å². The number of para-hydroxylation sites is 2. The molecule has 2 fully saturated rings. The molecule has 27 heavy (non-hydrogen) atoms. The molecule has 1 amide bonds. The highest BCUT2D eigenvalue weighted by Gasteiger charge is 2.35. The number of ether oxygens (including phenoxy) is 2. The third-order valence-electron chi connectivity index (χ3n) is 5.47. The average molecular weight is 390 g/mol. The third kappa shape index (κ3) is 4.19. The van der Waals surface area contributed by atoms with Crippen LogP contribution in [0.25, 0.3) is 0 Å². The van der Waals surface area contributed by atoms with Gasteiger partial charge in [-0.25, -0.2) is 0 Å². The Morgan fingerprint density at radius 2 is 2.00 bits per heavy atom. The monoisotopic (exact) mass is 389 g/mol. The number of fused-ring (bicyclic) bond motifs is 1. The van der Waals surface area contributed by atoms with Crippen molar-refractivity contribution in [1.82, 2.24) is 10.2 Å². The summed E-state index contributed by atoms with van der Waals surface area (Å²) in [7, 11) is 0. The van der Waals surface area contributed by atoms with Gasteiger partial charge in [-0.1, -0.05) is 12.1 Å². The van der Waals surface area contributed by atoms with Crippen LogP contribution in [0.4, 0.5) is 5.69 Å². The Kier molecular flexibility index (Phi) is 5.78. The average Bonchev–Trinajstić information content (AvgIpc) is 3.25. The molecule has 0 aromatic heterocycles. The van der Waals surface area contributed by atoms with Crippen molar-refractivity contribution in [3.05, 3.63) is 24.3 Å². The molecular weight excluding hydrogens is 362 g/mol. The second-order valence-corrected chi connectivity index (χ2v) is 7.78. The lowest BCUT2D eigenvalue weighted by Gasteiger charge is -2.38. The first kappa shape index (κ1) is 18.5. The fraction of sp³-hybridized carbons (Fsp3) is 0.600. The number of anilines is 1. The van der Waals surface area contributed by atoms with Crippen LogP contribution in [-0.2, 0) is 9.53 Å². The zero-order valence-corrected chi connectivity index (χ0v) is 16.4. The van der Waals surface area contributed by atoms with Crippen molar-refractivity contribution in [3.63, 3.8) is 0 Å². The highest BCUT2D eigenvalue weighted by Crippen LogP contribution is 2.33. The molecule has 1 N–H and O–H groups in total. The number of thiocarbonyl (C=S) groups is 1. The summed E-state index contributed by atoms with van der Waals surface area (Å²) in [6.07, 6.45) is 5.18. The van der Waals surface area contributed by atoms with E-state index in [-0.39, 0.29) is 12.0 Å². The molecule has 0 spiro atoms. The number of benzene rings is 1. The molecule has 2 saturated heterocycles.